The molecule has 134 valence electrons. The Kier molecular flexibility index (Phi) is 4.27. The number of hydrogen-bond donors (Lipinski definition) is 2. The Labute approximate surface area is 149 Å². The van der Waals surface area contributed by atoms with E-state index in [0.29, 0.717) is 29.7 Å². The topological polar surface area (TPSA) is 101 Å². The highest BCUT2D eigenvalue weighted by molar-refractivity contribution is 5.89. The first-order valence-electron chi connectivity index (χ1n) is 8.32. The van der Waals surface area contributed by atoms with Gasteiger partial charge in [0.25, 0.3) is 0 Å². The zero-order valence-electron chi connectivity index (χ0n) is 13.9. The number of aliphatic hydroxyl groups excluding tert-OH is 1. The van der Waals surface area contributed by atoms with Gasteiger partial charge >= 0.3 is 6.09 Å². The standard InChI is InChI=1S/C18H18N4O4/c23-11-21(14-1-2-14)9-13-8-17(20-10-19-13)26-15-3-4-16-12(7-15)5-6-22(16)18(24)25/h3-8,10,14,23H,1-2,9,11H2,(H,24,25). The molecule has 1 fully saturated rings. The van der Waals surface area contributed by atoms with Gasteiger partial charge in [0.1, 0.15) is 12.1 Å². The summed E-state index contributed by atoms with van der Waals surface area (Å²) < 4.78 is 6.96. The van der Waals surface area contributed by atoms with E-state index < -0.39 is 6.09 Å². The predicted molar refractivity (Wildman–Crippen MR) is 93.1 cm³/mol. The summed E-state index contributed by atoms with van der Waals surface area (Å²) in [7, 11) is 0. The van der Waals surface area contributed by atoms with Crippen LogP contribution in [0.4, 0.5) is 4.79 Å². The van der Waals surface area contributed by atoms with Gasteiger partial charge in [0, 0.05) is 30.2 Å². The molecule has 1 saturated carbocycles. The maximum Gasteiger partial charge on any atom is 0.415 e. The van der Waals surface area contributed by atoms with Crippen molar-refractivity contribution in [1.29, 1.82) is 0 Å². The number of carbonyl (C=O) groups is 1. The summed E-state index contributed by atoms with van der Waals surface area (Å²) in [5, 5.41) is 19.4. The molecule has 0 saturated heterocycles. The van der Waals surface area contributed by atoms with Crippen LogP contribution in [0.1, 0.15) is 18.5 Å². The number of aliphatic hydroxyl groups is 1. The van der Waals surface area contributed by atoms with Crippen LogP contribution in [0.5, 0.6) is 11.6 Å². The van der Waals surface area contributed by atoms with E-state index in [9.17, 15) is 9.90 Å². The molecule has 2 aromatic heterocycles. The first-order chi connectivity index (χ1) is 12.6. The highest BCUT2D eigenvalue weighted by Gasteiger charge is 2.28. The van der Waals surface area contributed by atoms with Crippen molar-refractivity contribution in [2.24, 2.45) is 0 Å². The first-order valence-corrected chi connectivity index (χ1v) is 8.32. The number of benzene rings is 1. The van der Waals surface area contributed by atoms with Crippen LogP contribution in [-0.4, -0.2) is 48.5 Å². The molecular formula is C18H18N4O4. The summed E-state index contributed by atoms with van der Waals surface area (Å²) in [5.41, 5.74) is 1.37. The van der Waals surface area contributed by atoms with E-state index >= 15 is 0 Å². The second kappa shape index (κ2) is 6.74. The van der Waals surface area contributed by atoms with Crippen molar-refractivity contribution >= 4 is 17.0 Å². The number of aromatic nitrogens is 3. The Morgan fingerprint density at radius 3 is 2.85 bits per heavy atom. The zero-order chi connectivity index (χ0) is 18.1. The molecule has 0 spiro atoms. The van der Waals surface area contributed by atoms with Gasteiger partial charge < -0.3 is 14.9 Å². The quantitative estimate of drug-likeness (QED) is 0.656. The van der Waals surface area contributed by atoms with E-state index in [1.807, 2.05) is 4.90 Å². The molecule has 0 atom stereocenters. The molecule has 0 aliphatic heterocycles. The van der Waals surface area contributed by atoms with Crippen molar-refractivity contribution in [3.8, 4) is 11.6 Å². The Hall–Kier alpha value is -2.97. The van der Waals surface area contributed by atoms with Gasteiger partial charge in [-0.3, -0.25) is 9.47 Å². The van der Waals surface area contributed by atoms with Crippen LogP contribution in [0.25, 0.3) is 10.9 Å². The molecule has 8 heteroatoms. The third-order valence-electron chi connectivity index (χ3n) is 4.40. The molecule has 3 aromatic rings. The van der Waals surface area contributed by atoms with Gasteiger partial charge in [0.15, 0.2) is 0 Å². The number of rotatable bonds is 6. The number of hydrogen-bond acceptors (Lipinski definition) is 6. The fraction of sp³-hybridized carbons (Fsp3) is 0.278. The highest BCUT2D eigenvalue weighted by Crippen LogP contribution is 2.28. The number of nitrogens with zero attached hydrogens (tertiary/aromatic N) is 4. The van der Waals surface area contributed by atoms with Gasteiger partial charge in [0.2, 0.25) is 5.88 Å². The summed E-state index contributed by atoms with van der Waals surface area (Å²) in [4.78, 5) is 21.5. The molecule has 2 heterocycles. The Morgan fingerprint density at radius 2 is 2.12 bits per heavy atom. The van der Waals surface area contributed by atoms with Gasteiger partial charge in [0.05, 0.1) is 17.9 Å². The molecule has 1 aliphatic rings. The molecule has 1 aromatic carbocycles. The molecule has 0 bridgehead atoms. The highest BCUT2D eigenvalue weighted by atomic mass is 16.5. The summed E-state index contributed by atoms with van der Waals surface area (Å²) >= 11 is 0. The van der Waals surface area contributed by atoms with E-state index in [1.54, 1.807) is 30.3 Å². The summed E-state index contributed by atoms with van der Waals surface area (Å²) in [5.74, 6) is 0.965. The molecule has 0 radical (unpaired) electrons. The van der Waals surface area contributed by atoms with Crippen molar-refractivity contribution in [2.75, 3.05) is 6.73 Å². The maximum atomic E-state index is 11.1. The van der Waals surface area contributed by atoms with Crippen LogP contribution in [0, 0.1) is 0 Å². The van der Waals surface area contributed by atoms with Crippen LogP contribution < -0.4 is 4.74 Å². The van der Waals surface area contributed by atoms with Crippen molar-refractivity contribution < 1.29 is 19.7 Å². The minimum absolute atomic E-state index is 0.00208. The monoisotopic (exact) mass is 354 g/mol. The molecule has 26 heavy (non-hydrogen) atoms. The van der Waals surface area contributed by atoms with Crippen LogP contribution >= 0.6 is 0 Å². The normalized spacial score (nSPS) is 14.1. The minimum atomic E-state index is -1.03. The minimum Gasteiger partial charge on any atom is -0.464 e. The Balaban J connectivity index is 1.52. The van der Waals surface area contributed by atoms with Crippen molar-refractivity contribution in [2.45, 2.75) is 25.4 Å². The third-order valence-corrected chi connectivity index (χ3v) is 4.40. The Morgan fingerprint density at radius 1 is 1.27 bits per heavy atom. The molecule has 0 amide bonds. The summed E-state index contributed by atoms with van der Waals surface area (Å²) in [6, 6.07) is 9.06. The van der Waals surface area contributed by atoms with E-state index in [4.69, 9.17) is 9.84 Å². The van der Waals surface area contributed by atoms with E-state index in [-0.39, 0.29) is 6.73 Å². The van der Waals surface area contributed by atoms with Gasteiger partial charge in [-0.15, -0.1) is 0 Å². The molecule has 1 aliphatic carbocycles. The predicted octanol–water partition coefficient (Wildman–Crippen LogP) is 2.66. The lowest BCUT2D eigenvalue weighted by Crippen LogP contribution is -2.26. The lowest BCUT2D eigenvalue weighted by Gasteiger charge is -2.18. The largest absolute Gasteiger partial charge is 0.464 e. The second-order valence-electron chi connectivity index (χ2n) is 6.26. The van der Waals surface area contributed by atoms with Crippen molar-refractivity contribution in [3.05, 3.63) is 48.5 Å². The van der Waals surface area contributed by atoms with Crippen LogP contribution in [-0.2, 0) is 6.54 Å². The van der Waals surface area contributed by atoms with Crippen molar-refractivity contribution in [1.82, 2.24) is 19.4 Å². The fourth-order valence-electron chi connectivity index (χ4n) is 2.93. The molecule has 8 nitrogen and oxygen atoms in total. The smallest absolute Gasteiger partial charge is 0.415 e. The van der Waals surface area contributed by atoms with Gasteiger partial charge in [-0.05, 0) is 37.1 Å². The van der Waals surface area contributed by atoms with Gasteiger partial charge in [-0.25, -0.2) is 14.8 Å². The molecule has 2 N–H and O–H groups in total. The van der Waals surface area contributed by atoms with Crippen LogP contribution in [0.3, 0.4) is 0 Å². The SMILES string of the molecule is O=C(O)n1ccc2cc(Oc3cc(CN(CO)C4CC4)ncn3)ccc21. The Bertz CT molecular complexity index is 951. The van der Waals surface area contributed by atoms with E-state index in [0.717, 1.165) is 28.5 Å². The summed E-state index contributed by atoms with van der Waals surface area (Å²) in [6.07, 6.45) is 4.11. The van der Waals surface area contributed by atoms with Crippen LogP contribution in [0.15, 0.2) is 42.9 Å². The average molecular weight is 354 g/mol. The second-order valence-corrected chi connectivity index (χ2v) is 6.26. The molecular weight excluding hydrogens is 336 g/mol. The fourth-order valence-corrected chi connectivity index (χ4v) is 2.93. The average Bonchev–Trinajstić information content (AvgIpc) is 3.38. The maximum absolute atomic E-state index is 11.1. The van der Waals surface area contributed by atoms with Crippen LogP contribution in [0.2, 0.25) is 0 Å². The van der Waals surface area contributed by atoms with E-state index in [1.165, 1.54) is 12.5 Å². The van der Waals surface area contributed by atoms with Gasteiger partial charge in [-0.2, -0.15) is 0 Å². The molecule has 0 unspecified atom stereocenters. The third kappa shape index (κ3) is 3.37. The lowest BCUT2D eigenvalue weighted by molar-refractivity contribution is 0.0921. The first kappa shape index (κ1) is 16.5. The number of carboxylic acid groups (broad SMARTS) is 1. The zero-order valence-corrected chi connectivity index (χ0v) is 13.9. The number of ether oxygens (including phenoxy) is 1. The summed E-state index contributed by atoms with van der Waals surface area (Å²) in [6.45, 7) is 0.544. The lowest BCUT2D eigenvalue weighted by atomic mass is 10.2. The molecule has 4 rings (SSSR count). The van der Waals surface area contributed by atoms with E-state index in [2.05, 4.69) is 9.97 Å². The van der Waals surface area contributed by atoms with Crippen molar-refractivity contribution in [3.63, 3.8) is 0 Å². The number of fused-ring (bicyclic) bond motifs is 1. The van der Waals surface area contributed by atoms with Gasteiger partial charge in [-0.1, -0.05) is 0 Å².